The van der Waals surface area contributed by atoms with Gasteiger partial charge in [-0.1, -0.05) is 26.0 Å². The van der Waals surface area contributed by atoms with Crippen LogP contribution in [0.1, 0.15) is 39.3 Å². The van der Waals surface area contributed by atoms with Gasteiger partial charge in [0.25, 0.3) is 0 Å². The van der Waals surface area contributed by atoms with Crippen LogP contribution < -0.4 is 10.0 Å². The number of benzene rings is 1. The van der Waals surface area contributed by atoms with Gasteiger partial charge in [0.05, 0.1) is 24.5 Å². The highest BCUT2D eigenvalue weighted by atomic mass is 32.2. The number of allylic oxidation sites excluding steroid dienone is 1. The lowest BCUT2D eigenvalue weighted by molar-refractivity contribution is -0.140. The molecule has 7 nitrogen and oxygen atoms in total. The summed E-state index contributed by atoms with van der Waals surface area (Å²) in [6.07, 6.45) is 1.09. The van der Waals surface area contributed by atoms with Crippen molar-refractivity contribution in [1.82, 2.24) is 10.2 Å². The van der Waals surface area contributed by atoms with Crippen molar-refractivity contribution in [2.45, 2.75) is 33.7 Å². The van der Waals surface area contributed by atoms with Gasteiger partial charge in [-0.3, -0.25) is 4.72 Å². The van der Waals surface area contributed by atoms with Crippen molar-refractivity contribution < 1.29 is 17.9 Å². The third-order valence-electron chi connectivity index (χ3n) is 4.20. The second kappa shape index (κ2) is 8.91. The van der Waals surface area contributed by atoms with Gasteiger partial charge in [-0.25, -0.2) is 13.2 Å². The smallest absolute Gasteiger partial charge is 0.338 e. The number of thiocarbonyl (C=S) groups is 1. The predicted octanol–water partition coefficient (Wildman–Crippen LogP) is 2.78. The highest BCUT2D eigenvalue weighted by Crippen LogP contribution is 2.32. The minimum absolute atomic E-state index is 0.213. The van der Waals surface area contributed by atoms with Gasteiger partial charge in [0.15, 0.2) is 5.11 Å². The maximum atomic E-state index is 12.9. The molecule has 1 aliphatic heterocycles. The van der Waals surface area contributed by atoms with E-state index in [1.165, 1.54) is 0 Å². The van der Waals surface area contributed by atoms with Crippen LogP contribution in [0.15, 0.2) is 35.5 Å². The molecule has 1 aromatic rings. The molecule has 1 aliphatic rings. The molecule has 0 bridgehead atoms. The normalized spacial score (nSPS) is 17.6. The molecular weight excluding hydrogens is 398 g/mol. The van der Waals surface area contributed by atoms with E-state index in [4.69, 9.17) is 17.0 Å². The monoisotopic (exact) mass is 425 g/mol. The third-order valence-corrected chi connectivity index (χ3v) is 5.15. The quantitative estimate of drug-likeness (QED) is 0.513. The molecular formula is C19H27N3O4S2. The van der Waals surface area contributed by atoms with E-state index in [1.807, 2.05) is 38.7 Å². The van der Waals surface area contributed by atoms with Gasteiger partial charge >= 0.3 is 5.97 Å². The zero-order valence-corrected chi connectivity index (χ0v) is 18.4. The number of sulfonamides is 1. The summed E-state index contributed by atoms with van der Waals surface area (Å²) in [4.78, 5) is 14.7. The molecule has 0 aromatic heterocycles. The molecule has 0 radical (unpaired) electrons. The van der Waals surface area contributed by atoms with E-state index in [9.17, 15) is 13.2 Å². The molecule has 0 fully saturated rings. The summed E-state index contributed by atoms with van der Waals surface area (Å²) in [6, 6.07) is 6.35. The molecule has 0 spiro atoms. The van der Waals surface area contributed by atoms with Crippen LogP contribution in [0, 0.1) is 5.92 Å². The Morgan fingerprint density at radius 1 is 1.39 bits per heavy atom. The van der Waals surface area contributed by atoms with Crippen LogP contribution in [0.25, 0.3) is 0 Å². The first-order chi connectivity index (χ1) is 13.0. The summed E-state index contributed by atoms with van der Waals surface area (Å²) in [5, 5.41) is 3.70. The molecule has 9 heteroatoms. The first kappa shape index (κ1) is 22.2. The van der Waals surface area contributed by atoms with Crippen molar-refractivity contribution >= 4 is 39.0 Å². The molecule has 154 valence electrons. The Bertz CT molecular complexity index is 894. The van der Waals surface area contributed by atoms with Crippen molar-refractivity contribution in [3.05, 3.63) is 41.1 Å². The summed E-state index contributed by atoms with van der Waals surface area (Å²) in [6.45, 7) is 8.66. The number of esters is 1. The first-order valence-electron chi connectivity index (χ1n) is 9.07. The fourth-order valence-corrected chi connectivity index (χ4v) is 3.93. The lowest BCUT2D eigenvalue weighted by Gasteiger charge is -2.37. The van der Waals surface area contributed by atoms with E-state index in [1.54, 1.807) is 18.2 Å². The number of nitrogens with one attached hydrogen (secondary N) is 2. The van der Waals surface area contributed by atoms with Crippen LogP contribution in [-0.2, 0) is 19.6 Å². The van der Waals surface area contributed by atoms with Crippen molar-refractivity contribution in [2.24, 2.45) is 5.92 Å². The molecule has 0 saturated heterocycles. The molecule has 28 heavy (non-hydrogen) atoms. The average molecular weight is 426 g/mol. The number of hydrogen-bond acceptors (Lipinski definition) is 5. The topological polar surface area (TPSA) is 87.7 Å². The summed E-state index contributed by atoms with van der Waals surface area (Å²) in [7, 11) is -3.41. The zero-order valence-electron chi connectivity index (χ0n) is 16.8. The van der Waals surface area contributed by atoms with E-state index >= 15 is 0 Å². The molecule has 1 heterocycles. The Labute approximate surface area is 172 Å². The van der Waals surface area contributed by atoms with Crippen LogP contribution in [0.5, 0.6) is 0 Å². The van der Waals surface area contributed by atoms with Crippen molar-refractivity contribution in [3.8, 4) is 0 Å². The standard InChI is InChI=1S/C19H27N3O4S2/c1-6-22-13(4)16(18(23)26-11-12(2)3)17(20-19(22)27)14-8-7-9-15(10-14)21-28(5,24)25/h7-10,12,17,21H,6,11H2,1-5H3,(H,20,27). The van der Waals surface area contributed by atoms with Crippen LogP contribution >= 0.6 is 12.2 Å². The molecule has 2 N–H and O–H groups in total. The van der Waals surface area contributed by atoms with Crippen LogP contribution in [0.4, 0.5) is 5.69 Å². The van der Waals surface area contributed by atoms with E-state index in [0.29, 0.717) is 35.1 Å². The number of anilines is 1. The van der Waals surface area contributed by atoms with E-state index < -0.39 is 22.0 Å². The number of hydrogen-bond donors (Lipinski definition) is 2. The Morgan fingerprint density at radius 2 is 2.07 bits per heavy atom. The van der Waals surface area contributed by atoms with Crippen molar-refractivity contribution in [3.63, 3.8) is 0 Å². The molecule has 0 amide bonds. The fraction of sp³-hybridized carbons (Fsp3) is 0.474. The Balaban J connectivity index is 2.48. The zero-order chi connectivity index (χ0) is 21.1. The number of nitrogens with zero attached hydrogens (tertiary/aromatic N) is 1. The van der Waals surface area contributed by atoms with Gasteiger partial charge in [-0.15, -0.1) is 0 Å². The van der Waals surface area contributed by atoms with Crippen molar-refractivity contribution in [1.29, 1.82) is 0 Å². The Hall–Kier alpha value is -2.13. The van der Waals surface area contributed by atoms with E-state index in [-0.39, 0.29) is 5.92 Å². The summed E-state index contributed by atoms with van der Waals surface area (Å²) in [5.41, 5.74) is 2.32. The summed E-state index contributed by atoms with van der Waals surface area (Å²) >= 11 is 5.46. The minimum atomic E-state index is -3.41. The van der Waals surface area contributed by atoms with Crippen LogP contribution in [0.2, 0.25) is 0 Å². The highest BCUT2D eigenvalue weighted by Gasteiger charge is 2.34. The molecule has 1 atom stereocenters. The van der Waals surface area contributed by atoms with E-state index in [2.05, 4.69) is 10.0 Å². The largest absolute Gasteiger partial charge is 0.462 e. The Kier molecular flexibility index (Phi) is 7.06. The van der Waals surface area contributed by atoms with Gasteiger partial charge in [0.1, 0.15) is 0 Å². The molecule has 0 aliphatic carbocycles. The van der Waals surface area contributed by atoms with Crippen LogP contribution in [0.3, 0.4) is 0 Å². The Morgan fingerprint density at radius 3 is 2.64 bits per heavy atom. The first-order valence-corrected chi connectivity index (χ1v) is 11.4. The second-order valence-corrected chi connectivity index (χ2v) is 9.25. The lowest BCUT2D eigenvalue weighted by atomic mass is 9.94. The van der Waals surface area contributed by atoms with Gasteiger partial charge in [0, 0.05) is 17.9 Å². The molecule has 1 aromatic carbocycles. The highest BCUT2D eigenvalue weighted by molar-refractivity contribution is 7.92. The maximum Gasteiger partial charge on any atom is 0.338 e. The fourth-order valence-electron chi connectivity index (χ4n) is 2.99. The minimum Gasteiger partial charge on any atom is -0.462 e. The van der Waals surface area contributed by atoms with E-state index in [0.717, 1.165) is 12.0 Å². The van der Waals surface area contributed by atoms with Gasteiger partial charge < -0.3 is 15.0 Å². The third kappa shape index (κ3) is 5.45. The van der Waals surface area contributed by atoms with Crippen molar-refractivity contribution in [2.75, 3.05) is 24.1 Å². The lowest BCUT2D eigenvalue weighted by Crippen LogP contribution is -2.47. The number of ether oxygens (including phenoxy) is 1. The molecule has 1 unspecified atom stereocenters. The number of rotatable bonds is 7. The van der Waals surface area contributed by atoms with Gasteiger partial charge in [-0.2, -0.15) is 0 Å². The van der Waals surface area contributed by atoms with Gasteiger partial charge in [-0.05, 0) is 49.7 Å². The number of carbonyl (C=O) groups excluding carboxylic acids is 1. The molecule has 2 rings (SSSR count). The second-order valence-electron chi connectivity index (χ2n) is 7.12. The number of carbonyl (C=O) groups is 1. The average Bonchev–Trinajstić information content (AvgIpc) is 2.58. The predicted molar refractivity (Wildman–Crippen MR) is 114 cm³/mol. The summed E-state index contributed by atoms with van der Waals surface area (Å²) in [5.74, 6) is -0.198. The SMILES string of the molecule is CCN1C(=S)NC(c2cccc(NS(C)(=O)=O)c2)C(C(=O)OCC(C)C)=C1C. The van der Waals surface area contributed by atoms with Crippen LogP contribution in [-0.4, -0.2) is 43.8 Å². The molecule has 0 saturated carbocycles. The summed E-state index contributed by atoms with van der Waals surface area (Å²) < 4.78 is 31.1. The van der Waals surface area contributed by atoms with Gasteiger partial charge in [0.2, 0.25) is 10.0 Å². The maximum absolute atomic E-state index is 12.9.